The largest absolute Gasteiger partial charge is 0.500 e. The van der Waals surface area contributed by atoms with Crippen molar-refractivity contribution >= 4 is 20.7 Å². The summed E-state index contributed by atoms with van der Waals surface area (Å²) in [5.74, 6) is -0.270. The van der Waals surface area contributed by atoms with E-state index in [0.717, 1.165) is 6.42 Å². The molecule has 0 spiro atoms. The quantitative estimate of drug-likeness (QED) is 0.178. The van der Waals surface area contributed by atoms with Crippen LogP contribution in [0.2, 0.25) is 6.04 Å². The zero-order chi connectivity index (χ0) is 13.3. The number of guanidine groups is 2. The molecule has 9 heteroatoms. The van der Waals surface area contributed by atoms with Crippen molar-refractivity contribution in [2.45, 2.75) is 12.5 Å². The Hall–Kier alpha value is -1.16. The molecule has 0 aliphatic rings. The second-order valence-electron chi connectivity index (χ2n) is 3.24. The van der Waals surface area contributed by atoms with Crippen molar-refractivity contribution in [2.75, 3.05) is 27.9 Å². The Labute approximate surface area is 102 Å². The van der Waals surface area contributed by atoms with Gasteiger partial charge < -0.3 is 24.3 Å². The predicted octanol–water partition coefficient (Wildman–Crippen LogP) is -0.738. The first kappa shape index (κ1) is 15.8. The maximum atomic E-state index is 7.36. The molecule has 0 aliphatic heterocycles. The van der Waals surface area contributed by atoms with Gasteiger partial charge in [-0.25, -0.2) is 0 Å². The summed E-state index contributed by atoms with van der Waals surface area (Å²) in [7, 11) is 2.17. The number of rotatable bonds is 7. The van der Waals surface area contributed by atoms with Gasteiger partial charge in [0.15, 0.2) is 11.9 Å². The Morgan fingerprint density at radius 1 is 1.18 bits per heavy atom. The lowest BCUT2D eigenvalue weighted by Crippen LogP contribution is -2.45. The van der Waals surface area contributed by atoms with Gasteiger partial charge >= 0.3 is 8.80 Å². The third kappa shape index (κ3) is 6.21. The number of hydrogen-bond acceptors (Lipinski definition) is 5. The van der Waals surface area contributed by atoms with E-state index in [-0.39, 0.29) is 11.9 Å². The van der Waals surface area contributed by atoms with E-state index in [4.69, 9.17) is 29.8 Å². The second-order valence-corrected chi connectivity index (χ2v) is 6.33. The third-order valence-corrected chi connectivity index (χ3v) is 4.99. The van der Waals surface area contributed by atoms with Crippen molar-refractivity contribution in [1.82, 2.24) is 10.6 Å². The van der Waals surface area contributed by atoms with Crippen LogP contribution in [0.3, 0.4) is 0 Å². The van der Waals surface area contributed by atoms with Crippen LogP contribution in [-0.4, -0.2) is 48.6 Å². The first-order valence-electron chi connectivity index (χ1n) is 5.08. The summed E-state index contributed by atoms with van der Waals surface area (Å²) in [5, 5.41) is 19.4. The van der Waals surface area contributed by atoms with Gasteiger partial charge in [0.2, 0.25) is 0 Å². The van der Waals surface area contributed by atoms with Crippen molar-refractivity contribution in [3.63, 3.8) is 0 Å². The van der Waals surface area contributed by atoms with E-state index in [1.54, 1.807) is 21.3 Å². The molecule has 0 radical (unpaired) electrons. The van der Waals surface area contributed by atoms with Crippen LogP contribution in [0, 0.1) is 10.8 Å². The number of nitrogens with two attached hydrogens (primary N) is 1. The van der Waals surface area contributed by atoms with Crippen molar-refractivity contribution in [1.29, 1.82) is 10.8 Å². The van der Waals surface area contributed by atoms with Gasteiger partial charge in [-0.3, -0.25) is 16.1 Å². The molecule has 0 atom stereocenters. The molecule has 0 bridgehead atoms. The summed E-state index contributed by atoms with van der Waals surface area (Å²) in [6.07, 6.45) is 0.726. The average Bonchev–Trinajstić information content (AvgIpc) is 2.29. The molecular formula is C8H21N5O3Si. The SMILES string of the molecule is CO[Si](CCCNC(=N)NC(=N)N)(OC)OC. The summed E-state index contributed by atoms with van der Waals surface area (Å²) in [4.78, 5) is 0. The number of hydrogen-bond donors (Lipinski definition) is 5. The zero-order valence-corrected chi connectivity index (χ0v) is 11.4. The van der Waals surface area contributed by atoms with Gasteiger partial charge in [0.25, 0.3) is 0 Å². The van der Waals surface area contributed by atoms with Crippen molar-refractivity contribution in [2.24, 2.45) is 5.73 Å². The molecule has 0 amide bonds. The van der Waals surface area contributed by atoms with Crippen LogP contribution in [0.5, 0.6) is 0 Å². The number of nitrogens with one attached hydrogen (secondary N) is 4. The molecule has 0 aromatic carbocycles. The van der Waals surface area contributed by atoms with Crippen LogP contribution in [0.15, 0.2) is 0 Å². The first-order chi connectivity index (χ1) is 7.99. The normalized spacial score (nSPS) is 11.0. The Morgan fingerprint density at radius 2 is 1.71 bits per heavy atom. The summed E-state index contributed by atoms with van der Waals surface area (Å²) in [6.45, 7) is 0.546. The minimum atomic E-state index is -2.52. The van der Waals surface area contributed by atoms with Crippen molar-refractivity contribution in [3.05, 3.63) is 0 Å². The molecule has 0 saturated carbocycles. The zero-order valence-electron chi connectivity index (χ0n) is 10.4. The van der Waals surface area contributed by atoms with Crippen molar-refractivity contribution in [3.8, 4) is 0 Å². The molecule has 100 valence electrons. The van der Waals surface area contributed by atoms with E-state index in [9.17, 15) is 0 Å². The van der Waals surface area contributed by atoms with Gasteiger partial charge in [-0.15, -0.1) is 0 Å². The van der Waals surface area contributed by atoms with Gasteiger partial charge in [-0.05, 0) is 6.42 Å². The smallest absolute Gasteiger partial charge is 0.377 e. The maximum Gasteiger partial charge on any atom is 0.500 e. The lowest BCUT2D eigenvalue weighted by Gasteiger charge is -2.24. The van der Waals surface area contributed by atoms with E-state index >= 15 is 0 Å². The maximum absolute atomic E-state index is 7.36. The van der Waals surface area contributed by atoms with Crippen LogP contribution in [0.1, 0.15) is 6.42 Å². The highest BCUT2D eigenvalue weighted by atomic mass is 28.4. The van der Waals surface area contributed by atoms with Gasteiger partial charge in [0.1, 0.15) is 0 Å². The highest BCUT2D eigenvalue weighted by Gasteiger charge is 2.36. The van der Waals surface area contributed by atoms with E-state index in [1.165, 1.54) is 0 Å². The standard InChI is InChI=1S/C8H21N5O3Si/c1-14-17(15-2,16-3)6-4-5-12-8(11)13-7(9)10/h4-6H2,1-3H3,(H6,9,10,11,12,13). The van der Waals surface area contributed by atoms with E-state index < -0.39 is 8.80 Å². The van der Waals surface area contributed by atoms with Crippen LogP contribution in [0.4, 0.5) is 0 Å². The Morgan fingerprint density at radius 3 is 2.12 bits per heavy atom. The third-order valence-electron chi connectivity index (χ3n) is 2.15. The molecule has 0 fully saturated rings. The summed E-state index contributed by atoms with van der Waals surface area (Å²) in [5.41, 5.74) is 5.07. The lowest BCUT2D eigenvalue weighted by atomic mass is 10.5. The minimum absolute atomic E-state index is 0.00276. The molecule has 6 N–H and O–H groups in total. The summed E-state index contributed by atoms with van der Waals surface area (Å²) in [6, 6.07) is 0.650. The topological polar surface area (TPSA) is 125 Å². The predicted molar refractivity (Wildman–Crippen MR) is 67.0 cm³/mol. The fourth-order valence-corrected chi connectivity index (χ4v) is 2.98. The van der Waals surface area contributed by atoms with Crippen LogP contribution < -0.4 is 16.4 Å². The van der Waals surface area contributed by atoms with Gasteiger partial charge in [0, 0.05) is 33.9 Å². The average molecular weight is 263 g/mol. The van der Waals surface area contributed by atoms with Crippen molar-refractivity contribution < 1.29 is 13.3 Å². The highest BCUT2D eigenvalue weighted by Crippen LogP contribution is 2.14. The minimum Gasteiger partial charge on any atom is -0.377 e. The molecule has 8 nitrogen and oxygen atoms in total. The fourth-order valence-electron chi connectivity index (χ4n) is 1.25. The highest BCUT2D eigenvalue weighted by molar-refractivity contribution is 6.60. The fraction of sp³-hybridized carbons (Fsp3) is 0.750. The molecule has 0 rings (SSSR count). The van der Waals surface area contributed by atoms with Gasteiger partial charge in [-0.2, -0.15) is 0 Å². The van der Waals surface area contributed by atoms with Crippen LogP contribution in [0.25, 0.3) is 0 Å². The molecular weight excluding hydrogens is 242 g/mol. The Balaban J connectivity index is 3.83. The van der Waals surface area contributed by atoms with Gasteiger partial charge in [0.05, 0.1) is 0 Å². The lowest BCUT2D eigenvalue weighted by molar-refractivity contribution is 0.123. The molecule has 0 aromatic rings. The van der Waals surface area contributed by atoms with Crippen LogP contribution in [-0.2, 0) is 13.3 Å². The Kier molecular flexibility index (Phi) is 7.46. The van der Waals surface area contributed by atoms with E-state index in [0.29, 0.717) is 12.6 Å². The molecule has 0 saturated heterocycles. The monoisotopic (exact) mass is 263 g/mol. The molecule has 0 unspecified atom stereocenters. The van der Waals surface area contributed by atoms with E-state index in [1.807, 2.05) is 0 Å². The molecule has 0 aromatic heterocycles. The molecule has 17 heavy (non-hydrogen) atoms. The van der Waals surface area contributed by atoms with Crippen LogP contribution >= 0.6 is 0 Å². The summed E-state index contributed by atoms with van der Waals surface area (Å²) < 4.78 is 15.8. The van der Waals surface area contributed by atoms with E-state index in [2.05, 4.69) is 10.6 Å². The molecule has 0 aliphatic carbocycles. The Bertz CT molecular complexity index is 251. The summed E-state index contributed by atoms with van der Waals surface area (Å²) >= 11 is 0. The first-order valence-corrected chi connectivity index (χ1v) is 7.01. The van der Waals surface area contributed by atoms with Gasteiger partial charge in [-0.1, -0.05) is 0 Å². The molecule has 0 heterocycles. The second kappa shape index (κ2) is 8.01.